The molecule has 0 aromatic heterocycles. The molecule has 0 aliphatic carbocycles. The standard InChI is InChI=1S/C46H59NO7/c1-34-24-25-36(30-35(34)2)18-13-9-17-29-51-42(43(45(50)54-46(3,4)5)53-33-41(48)52-32-38-20-10-7-11-21-38)44(49)47(6)28-16-8-12-19-37-26-27-39-22-14-15-23-40(39)31-37/h7,10-11,14-15,20-27,30-31,42-43H,8-9,12-13,16-19,28-29,32-33H2,1-6H3/t42-,43-/m1/s1. The third-order valence-electron chi connectivity index (χ3n) is 9.41. The summed E-state index contributed by atoms with van der Waals surface area (Å²) >= 11 is 0. The Labute approximate surface area is 322 Å². The molecular weight excluding hydrogens is 679 g/mol. The molecule has 1 amide bonds. The number of hydrogen-bond donors (Lipinski definition) is 0. The van der Waals surface area contributed by atoms with Gasteiger partial charge >= 0.3 is 11.9 Å². The second-order valence-corrected chi connectivity index (χ2v) is 15.2. The van der Waals surface area contributed by atoms with E-state index < -0.39 is 42.3 Å². The molecule has 0 aliphatic rings. The summed E-state index contributed by atoms with van der Waals surface area (Å²) in [6, 6.07) is 30.8. The Morgan fingerprint density at radius 3 is 2.00 bits per heavy atom. The van der Waals surface area contributed by atoms with Crippen LogP contribution >= 0.6 is 0 Å². The predicted octanol–water partition coefficient (Wildman–Crippen LogP) is 8.90. The van der Waals surface area contributed by atoms with Crippen molar-refractivity contribution in [3.05, 3.63) is 119 Å². The second kappa shape index (κ2) is 21.4. The topological polar surface area (TPSA) is 91.4 Å². The van der Waals surface area contributed by atoms with E-state index >= 15 is 0 Å². The molecule has 0 saturated carbocycles. The van der Waals surface area contributed by atoms with Crippen molar-refractivity contribution in [1.82, 2.24) is 4.90 Å². The monoisotopic (exact) mass is 737 g/mol. The van der Waals surface area contributed by atoms with E-state index in [0.29, 0.717) is 13.0 Å². The van der Waals surface area contributed by atoms with Gasteiger partial charge in [0.2, 0.25) is 0 Å². The number of rotatable bonds is 21. The maximum atomic E-state index is 14.1. The van der Waals surface area contributed by atoms with Gasteiger partial charge in [-0.3, -0.25) is 4.79 Å². The fourth-order valence-electron chi connectivity index (χ4n) is 6.22. The van der Waals surface area contributed by atoms with Crippen LogP contribution < -0.4 is 0 Å². The van der Waals surface area contributed by atoms with Gasteiger partial charge in [-0.25, -0.2) is 9.59 Å². The summed E-state index contributed by atoms with van der Waals surface area (Å²) in [5, 5.41) is 2.46. The summed E-state index contributed by atoms with van der Waals surface area (Å²) in [4.78, 5) is 42.1. The average Bonchev–Trinajstić information content (AvgIpc) is 3.15. The van der Waals surface area contributed by atoms with E-state index in [9.17, 15) is 14.4 Å². The molecule has 8 nitrogen and oxygen atoms in total. The van der Waals surface area contributed by atoms with Crippen LogP contribution in [0.2, 0.25) is 0 Å². The number of benzene rings is 4. The van der Waals surface area contributed by atoms with E-state index in [1.165, 1.54) is 33.0 Å². The first-order chi connectivity index (χ1) is 25.9. The van der Waals surface area contributed by atoms with Crippen LogP contribution in [0.5, 0.6) is 0 Å². The first-order valence-electron chi connectivity index (χ1n) is 19.3. The molecule has 0 aliphatic heterocycles. The van der Waals surface area contributed by atoms with Gasteiger partial charge in [0.25, 0.3) is 5.91 Å². The maximum absolute atomic E-state index is 14.1. The van der Waals surface area contributed by atoms with Crippen LogP contribution in [-0.4, -0.2) is 67.4 Å². The molecular formula is C46H59NO7. The number of fused-ring (bicyclic) bond motifs is 1. The van der Waals surface area contributed by atoms with Crippen molar-refractivity contribution in [2.45, 2.75) is 110 Å². The molecule has 0 spiro atoms. The number of carbonyl (C=O) groups excluding carboxylic acids is 3. The molecule has 0 unspecified atom stereocenters. The van der Waals surface area contributed by atoms with Gasteiger partial charge < -0.3 is 23.8 Å². The molecule has 0 N–H and O–H groups in total. The lowest BCUT2D eigenvalue weighted by Gasteiger charge is -2.31. The van der Waals surface area contributed by atoms with Crippen molar-refractivity contribution in [3.63, 3.8) is 0 Å². The number of amides is 1. The number of aryl methyl sites for hydroxylation is 4. The lowest BCUT2D eigenvalue weighted by atomic mass is 10.0. The number of likely N-dealkylation sites (N-methyl/N-ethyl adjacent to an activating group) is 1. The quantitative estimate of drug-likeness (QED) is 0.0623. The van der Waals surface area contributed by atoms with E-state index in [1.807, 2.05) is 36.4 Å². The normalized spacial score (nSPS) is 12.6. The van der Waals surface area contributed by atoms with Crippen molar-refractivity contribution in [2.75, 3.05) is 26.8 Å². The summed E-state index contributed by atoms with van der Waals surface area (Å²) in [5.41, 5.74) is 5.11. The Balaban J connectivity index is 1.37. The molecule has 0 radical (unpaired) electrons. The molecule has 8 heteroatoms. The smallest absolute Gasteiger partial charge is 0.339 e. The van der Waals surface area contributed by atoms with Crippen LogP contribution in [-0.2, 0) is 52.8 Å². The number of nitrogens with zero attached hydrogens (tertiary/aromatic N) is 1. The molecule has 4 aromatic rings. The number of unbranched alkanes of at least 4 members (excludes halogenated alkanes) is 4. The van der Waals surface area contributed by atoms with Gasteiger partial charge in [0.05, 0.1) is 0 Å². The SMILES string of the molecule is Cc1ccc(CCCCCO[C@@H](C(=O)N(C)CCCCCc2ccc3ccccc3c2)[C@@H](OCC(=O)OCc2ccccc2)C(=O)OC(C)(C)C)cc1C. The lowest BCUT2D eigenvalue weighted by Crippen LogP contribution is -2.51. The second-order valence-electron chi connectivity index (χ2n) is 15.2. The molecule has 0 fully saturated rings. The van der Waals surface area contributed by atoms with Crippen molar-refractivity contribution in [3.8, 4) is 0 Å². The predicted molar refractivity (Wildman–Crippen MR) is 214 cm³/mol. The van der Waals surface area contributed by atoms with Crippen LogP contribution in [0.15, 0.2) is 91.0 Å². The zero-order valence-electron chi connectivity index (χ0n) is 33.1. The zero-order chi connectivity index (χ0) is 38.9. The van der Waals surface area contributed by atoms with E-state index in [2.05, 4.69) is 68.4 Å². The summed E-state index contributed by atoms with van der Waals surface area (Å²) in [5.74, 6) is -1.83. The summed E-state index contributed by atoms with van der Waals surface area (Å²) in [6.07, 6.45) is 4.35. The fourth-order valence-corrected chi connectivity index (χ4v) is 6.22. The van der Waals surface area contributed by atoms with Crippen molar-refractivity contribution >= 4 is 28.6 Å². The Bertz CT molecular complexity index is 1780. The molecule has 0 saturated heterocycles. The fraction of sp³-hybridized carbons (Fsp3) is 0.457. The largest absolute Gasteiger partial charge is 0.459 e. The van der Waals surface area contributed by atoms with Crippen LogP contribution in [0.4, 0.5) is 0 Å². The molecule has 4 aromatic carbocycles. The number of hydrogen-bond acceptors (Lipinski definition) is 7. The van der Waals surface area contributed by atoms with Gasteiger partial charge in [-0.1, -0.05) is 104 Å². The van der Waals surface area contributed by atoms with Crippen LogP contribution in [0, 0.1) is 13.8 Å². The summed E-state index contributed by atoms with van der Waals surface area (Å²) < 4.78 is 23.2. The highest BCUT2D eigenvalue weighted by atomic mass is 16.6. The highest BCUT2D eigenvalue weighted by Gasteiger charge is 2.40. The first kappa shape index (κ1) is 42.2. The van der Waals surface area contributed by atoms with E-state index in [1.54, 1.807) is 32.7 Å². The van der Waals surface area contributed by atoms with E-state index in [4.69, 9.17) is 18.9 Å². The van der Waals surface area contributed by atoms with Gasteiger partial charge in [-0.2, -0.15) is 0 Å². The van der Waals surface area contributed by atoms with Crippen LogP contribution in [0.3, 0.4) is 0 Å². The molecule has 4 rings (SSSR count). The summed E-state index contributed by atoms with van der Waals surface area (Å²) in [7, 11) is 1.71. The Morgan fingerprint density at radius 2 is 1.30 bits per heavy atom. The van der Waals surface area contributed by atoms with Gasteiger partial charge in [-0.15, -0.1) is 0 Å². The molecule has 0 heterocycles. The van der Waals surface area contributed by atoms with E-state index in [-0.39, 0.29) is 13.2 Å². The van der Waals surface area contributed by atoms with Gasteiger partial charge in [0.15, 0.2) is 12.2 Å². The number of carbonyl (C=O) groups is 3. The minimum Gasteiger partial charge on any atom is -0.459 e. The maximum Gasteiger partial charge on any atom is 0.339 e. The van der Waals surface area contributed by atoms with Gasteiger partial charge in [0.1, 0.15) is 18.8 Å². The molecule has 0 bridgehead atoms. The van der Waals surface area contributed by atoms with Gasteiger partial charge in [0, 0.05) is 20.2 Å². The number of esters is 2. The van der Waals surface area contributed by atoms with Crippen molar-refractivity contribution in [2.24, 2.45) is 0 Å². The molecule has 54 heavy (non-hydrogen) atoms. The average molecular weight is 738 g/mol. The highest BCUT2D eigenvalue weighted by molar-refractivity contribution is 5.89. The summed E-state index contributed by atoms with van der Waals surface area (Å²) in [6.45, 7) is 9.70. The van der Waals surface area contributed by atoms with Crippen LogP contribution in [0.1, 0.15) is 87.1 Å². The Hall–Kier alpha value is -4.53. The minimum atomic E-state index is -1.47. The van der Waals surface area contributed by atoms with Crippen molar-refractivity contribution < 1.29 is 33.3 Å². The Morgan fingerprint density at radius 1 is 0.648 bits per heavy atom. The van der Waals surface area contributed by atoms with Crippen molar-refractivity contribution in [1.29, 1.82) is 0 Å². The third-order valence-corrected chi connectivity index (χ3v) is 9.41. The Kier molecular flexibility index (Phi) is 16.7. The molecule has 2 atom stereocenters. The number of ether oxygens (including phenoxy) is 4. The van der Waals surface area contributed by atoms with Crippen LogP contribution in [0.25, 0.3) is 10.8 Å². The third kappa shape index (κ3) is 14.4. The van der Waals surface area contributed by atoms with Gasteiger partial charge in [-0.05, 0) is 112 Å². The minimum absolute atomic E-state index is 0.0603. The lowest BCUT2D eigenvalue weighted by molar-refractivity contribution is -0.188. The highest BCUT2D eigenvalue weighted by Crippen LogP contribution is 2.20. The zero-order valence-corrected chi connectivity index (χ0v) is 33.1. The van der Waals surface area contributed by atoms with E-state index in [0.717, 1.165) is 50.5 Å². The molecule has 290 valence electrons. The first-order valence-corrected chi connectivity index (χ1v) is 19.3.